The molecular formula is C97H71FIr3N3O9S3-3. The fourth-order valence-corrected chi connectivity index (χ4v) is 16.6. The Balaban J connectivity index is 0.000000151. The molecule has 0 aliphatic heterocycles. The van der Waals surface area contributed by atoms with Gasteiger partial charge >= 0.3 is 0 Å². The molecule has 116 heavy (non-hydrogen) atoms. The third kappa shape index (κ3) is 19.5. The molecule has 0 fully saturated rings. The fourth-order valence-electron chi connectivity index (χ4n) is 13.2. The summed E-state index contributed by atoms with van der Waals surface area (Å²) in [6.07, 6.45) is 3.50. The van der Waals surface area contributed by atoms with Gasteiger partial charge in [0.25, 0.3) is 0 Å². The molecule has 3 N–H and O–H groups in total. The number of thiophene rings is 3. The van der Waals surface area contributed by atoms with Crippen molar-refractivity contribution in [2.24, 2.45) is 0 Å². The Morgan fingerprint density at radius 2 is 0.724 bits per heavy atom. The van der Waals surface area contributed by atoms with Gasteiger partial charge in [0.05, 0.1) is 64.7 Å². The zero-order chi connectivity index (χ0) is 78.8. The molecule has 9 aromatic heterocycles. The SMILES string of the molecule is CC(=O)C=C(C)O.CC(=O)C=C(C)O.CC(=O)C=C(C)O.Cc1c(-c2ccccc2)sc2ccc(-c3[c-]ccc4c3oc3ccccc34)nc12.Fc1ccc(-c2cc3nc(-c4[c-]ccc5c4oc4ccccc45)ccc3s2)cc1.[Ir].[Ir].[Ir].[c-]1ccc2c(oc3ccccc32)c1-c1ccc2sc(-c3ccccc3)c(-c3ccccc3)c2n1. The summed E-state index contributed by atoms with van der Waals surface area (Å²) in [5.41, 5.74) is 20.3. The Bertz CT molecular complexity index is 6770. The molecule has 0 aliphatic carbocycles. The molecule has 19 aromatic rings. The van der Waals surface area contributed by atoms with Crippen LogP contribution in [0, 0.1) is 30.9 Å². The number of carbonyl (C=O) groups excluding carboxylic acids is 3. The normalized spacial score (nSPS) is 11.3. The summed E-state index contributed by atoms with van der Waals surface area (Å²) in [5.74, 6) is -0.419. The minimum atomic E-state index is -0.232. The number of rotatable bonds is 10. The van der Waals surface area contributed by atoms with Crippen molar-refractivity contribution in [3.05, 3.63) is 332 Å². The molecule has 0 atom stereocenters. The Hall–Kier alpha value is -11.6. The summed E-state index contributed by atoms with van der Waals surface area (Å²) in [6.45, 7) is 10.7. The van der Waals surface area contributed by atoms with Gasteiger partial charge in [-0.05, 0) is 148 Å². The number of pyridine rings is 3. The fraction of sp³-hybridized carbons (Fsp3) is 0.0722. The number of fused-ring (bicyclic) bond motifs is 12. The molecule has 0 saturated carbocycles. The van der Waals surface area contributed by atoms with Crippen molar-refractivity contribution in [1.29, 1.82) is 0 Å². The molecule has 9 heterocycles. The number of hydrogen-bond donors (Lipinski definition) is 3. The second-order valence-electron chi connectivity index (χ2n) is 26.5. The van der Waals surface area contributed by atoms with Crippen molar-refractivity contribution < 1.29 is 108 Å². The first-order valence-electron chi connectivity index (χ1n) is 36.1. The number of nitrogens with zero attached hydrogens (tertiary/aromatic N) is 3. The monoisotopic (exact) mass is 2120 g/mol. The zero-order valence-electron chi connectivity index (χ0n) is 63.4. The van der Waals surface area contributed by atoms with Crippen LogP contribution in [0.25, 0.3) is 173 Å². The first kappa shape index (κ1) is 85.3. The zero-order valence-corrected chi connectivity index (χ0v) is 73.0. The molecule has 0 spiro atoms. The first-order chi connectivity index (χ1) is 54.8. The van der Waals surface area contributed by atoms with Crippen LogP contribution in [0.5, 0.6) is 0 Å². The van der Waals surface area contributed by atoms with Gasteiger partial charge in [-0.15, -0.1) is 88.6 Å². The van der Waals surface area contributed by atoms with Gasteiger partial charge in [0.2, 0.25) is 0 Å². The molecule has 0 amide bonds. The second-order valence-corrected chi connectivity index (χ2v) is 29.7. The minimum absolute atomic E-state index is 0. The number of hydrogen-bond acceptors (Lipinski definition) is 15. The van der Waals surface area contributed by atoms with Gasteiger partial charge < -0.3 is 28.6 Å². The molecule has 0 unspecified atom stereocenters. The van der Waals surface area contributed by atoms with Gasteiger partial charge in [0.1, 0.15) is 22.6 Å². The molecule has 583 valence electrons. The average Bonchev–Trinajstić information content (AvgIpc) is 1.61. The Labute approximate surface area is 720 Å². The largest absolute Gasteiger partial charge is 0.512 e. The van der Waals surface area contributed by atoms with Crippen LogP contribution in [0.3, 0.4) is 0 Å². The van der Waals surface area contributed by atoms with E-state index in [1.54, 1.807) is 46.1 Å². The molecule has 19 rings (SSSR count). The Morgan fingerprint density at radius 1 is 0.371 bits per heavy atom. The minimum Gasteiger partial charge on any atom is -0.512 e. The molecule has 12 nitrogen and oxygen atoms in total. The summed E-state index contributed by atoms with van der Waals surface area (Å²) < 4.78 is 35.3. The number of aryl methyl sites for hydroxylation is 1. The maximum Gasteiger partial charge on any atom is 0.155 e. The first-order valence-corrected chi connectivity index (χ1v) is 38.5. The van der Waals surface area contributed by atoms with Gasteiger partial charge in [-0.25, -0.2) is 4.39 Å². The topological polar surface area (TPSA) is 190 Å². The van der Waals surface area contributed by atoms with Gasteiger partial charge in [0, 0.05) is 115 Å². The van der Waals surface area contributed by atoms with E-state index in [2.05, 4.69) is 177 Å². The van der Waals surface area contributed by atoms with Crippen molar-refractivity contribution in [1.82, 2.24) is 15.0 Å². The summed E-state index contributed by atoms with van der Waals surface area (Å²) in [6, 6.07) is 99.2. The smallest absolute Gasteiger partial charge is 0.155 e. The number of halogens is 1. The maximum atomic E-state index is 13.2. The van der Waals surface area contributed by atoms with Crippen LogP contribution in [0.4, 0.5) is 4.39 Å². The van der Waals surface area contributed by atoms with E-state index in [9.17, 15) is 18.8 Å². The third-order valence-corrected chi connectivity index (χ3v) is 21.6. The van der Waals surface area contributed by atoms with E-state index in [0.717, 1.165) is 131 Å². The summed E-state index contributed by atoms with van der Waals surface area (Å²) in [7, 11) is 0. The van der Waals surface area contributed by atoms with Crippen LogP contribution in [0.2, 0.25) is 0 Å². The van der Waals surface area contributed by atoms with E-state index in [-0.39, 0.29) is 101 Å². The number of aromatic nitrogens is 3. The molecule has 0 bridgehead atoms. The van der Waals surface area contributed by atoms with Crippen LogP contribution >= 0.6 is 34.0 Å². The van der Waals surface area contributed by atoms with Gasteiger partial charge in [-0.2, -0.15) is 0 Å². The third-order valence-electron chi connectivity index (χ3n) is 18.0. The number of allylic oxidation sites excluding steroid dienone is 6. The van der Waals surface area contributed by atoms with Gasteiger partial charge in [-0.1, -0.05) is 209 Å². The summed E-state index contributed by atoms with van der Waals surface area (Å²) in [5, 5.41) is 31.7. The maximum absolute atomic E-state index is 13.2. The predicted molar refractivity (Wildman–Crippen MR) is 461 cm³/mol. The standard InChI is InChI=1S/C31H18NOS.C26H16NOS.C25H13FNOS.3C5H8O2.3Ir/c1-3-10-20(11-4-1)28-29-27(34-31(28)21-12-5-2-6-13-21)19-18-25(32-29)24-16-9-15-23-22-14-7-8-17-26(22)33-30(23)24;1-16-24-23(29-26(16)17-8-3-2-4-9-17)15-14-21(27-24)20-12-7-11-19-18-10-5-6-13-22(18)28-25(19)20;26-16-10-8-15(9-11-16)24-14-21-23(29-24)13-12-20(27-21)19-6-3-5-18-17-4-1-2-7-22(17)28-25(18)19;3*1-4(6)3-5(2)7;;;/h1-15,17-19H;2-11,13-15H,1H3;1-5,7-14H;3*3,6H,1-2H3;;;/q3*-1;;;;;;. The van der Waals surface area contributed by atoms with E-state index >= 15 is 0 Å². The average molecular weight is 2110 g/mol. The van der Waals surface area contributed by atoms with E-state index in [4.69, 9.17) is 43.5 Å². The van der Waals surface area contributed by atoms with Crippen LogP contribution in [-0.2, 0) is 74.7 Å². The number of furan rings is 3. The number of aliphatic hydroxyl groups excluding tert-OH is 3. The molecule has 10 aromatic carbocycles. The van der Waals surface area contributed by atoms with Crippen LogP contribution in [-0.4, -0.2) is 47.6 Å². The molecule has 3 radical (unpaired) electrons. The molecule has 0 aliphatic rings. The van der Waals surface area contributed by atoms with Crippen LogP contribution in [0.1, 0.15) is 47.1 Å². The van der Waals surface area contributed by atoms with E-state index in [1.165, 1.54) is 119 Å². The predicted octanol–water partition coefficient (Wildman–Crippen LogP) is 27.2. The van der Waals surface area contributed by atoms with Crippen LogP contribution < -0.4 is 0 Å². The summed E-state index contributed by atoms with van der Waals surface area (Å²) >= 11 is 5.23. The van der Waals surface area contributed by atoms with Crippen molar-refractivity contribution in [2.75, 3.05) is 0 Å². The van der Waals surface area contributed by atoms with Crippen LogP contribution in [0.15, 0.2) is 316 Å². The Morgan fingerprint density at radius 3 is 1.13 bits per heavy atom. The van der Waals surface area contributed by atoms with Crippen molar-refractivity contribution in [3.63, 3.8) is 0 Å². The van der Waals surface area contributed by atoms with Gasteiger partial charge in [-0.3, -0.25) is 29.3 Å². The van der Waals surface area contributed by atoms with E-state index in [1.807, 2.05) is 91.0 Å². The summed E-state index contributed by atoms with van der Waals surface area (Å²) in [4.78, 5) is 48.7. The van der Waals surface area contributed by atoms with Crippen molar-refractivity contribution in [3.8, 4) is 76.2 Å². The van der Waals surface area contributed by atoms with E-state index in [0.29, 0.717) is 0 Å². The molecular weight excluding hydrogens is 2040 g/mol. The number of para-hydroxylation sites is 3. The number of aliphatic hydroxyl groups is 3. The molecule has 0 saturated heterocycles. The number of benzene rings is 10. The Kier molecular flexibility index (Phi) is 28.5. The molecule has 19 heteroatoms. The quantitative estimate of drug-likeness (QED) is 0.0668. The number of carbonyl (C=O) groups is 3. The van der Waals surface area contributed by atoms with Crippen molar-refractivity contribution >= 4 is 148 Å². The van der Waals surface area contributed by atoms with Gasteiger partial charge in [0.15, 0.2) is 17.3 Å². The number of ketones is 3. The van der Waals surface area contributed by atoms with Crippen molar-refractivity contribution in [2.45, 2.75) is 48.5 Å². The second kappa shape index (κ2) is 38.7. The van der Waals surface area contributed by atoms with E-state index < -0.39 is 0 Å².